The van der Waals surface area contributed by atoms with E-state index in [9.17, 15) is 5.11 Å². The molecular weight excluding hydrogens is 318 g/mol. The highest BCUT2D eigenvalue weighted by molar-refractivity contribution is 9.10. The van der Waals surface area contributed by atoms with Crippen LogP contribution in [0.15, 0.2) is 28.7 Å². The van der Waals surface area contributed by atoms with Crippen molar-refractivity contribution in [3.63, 3.8) is 0 Å². The second kappa shape index (κ2) is 8.13. The van der Waals surface area contributed by atoms with Crippen LogP contribution in [0.4, 0.5) is 0 Å². The molecule has 4 heteroatoms. The SMILES string of the molecule is NCC(c1cccc(Br)c1)C(O)CCC1CCCCO1. The highest BCUT2D eigenvalue weighted by Gasteiger charge is 2.22. The van der Waals surface area contributed by atoms with Crippen LogP contribution in [0.25, 0.3) is 0 Å². The van der Waals surface area contributed by atoms with Crippen molar-refractivity contribution in [2.45, 2.75) is 50.2 Å². The highest BCUT2D eigenvalue weighted by atomic mass is 79.9. The fourth-order valence-corrected chi connectivity index (χ4v) is 3.26. The lowest BCUT2D eigenvalue weighted by molar-refractivity contribution is 0.000430. The molecule has 1 aromatic carbocycles. The Bertz CT molecular complexity index is 407. The van der Waals surface area contributed by atoms with E-state index >= 15 is 0 Å². The van der Waals surface area contributed by atoms with Crippen LogP contribution in [0, 0.1) is 0 Å². The number of benzene rings is 1. The first-order valence-electron chi connectivity index (χ1n) is 7.46. The number of rotatable bonds is 6. The van der Waals surface area contributed by atoms with Crippen molar-refractivity contribution in [1.82, 2.24) is 0 Å². The molecule has 3 N–H and O–H groups in total. The molecule has 112 valence electrons. The lowest BCUT2D eigenvalue weighted by atomic mass is 9.89. The number of aliphatic hydroxyl groups excluding tert-OH is 1. The van der Waals surface area contributed by atoms with Gasteiger partial charge in [0.15, 0.2) is 0 Å². The maximum atomic E-state index is 10.4. The van der Waals surface area contributed by atoms with Gasteiger partial charge < -0.3 is 15.6 Å². The number of aliphatic hydroxyl groups is 1. The Kier molecular flexibility index (Phi) is 6.49. The predicted octanol–water partition coefficient (Wildman–Crippen LogP) is 3.20. The van der Waals surface area contributed by atoms with E-state index in [0.717, 1.165) is 35.9 Å². The van der Waals surface area contributed by atoms with E-state index in [2.05, 4.69) is 15.9 Å². The van der Waals surface area contributed by atoms with E-state index in [1.54, 1.807) is 0 Å². The third-order valence-electron chi connectivity index (χ3n) is 4.05. The molecule has 3 atom stereocenters. The minimum absolute atomic E-state index is 0.00362. The molecule has 0 aliphatic carbocycles. The zero-order chi connectivity index (χ0) is 14.4. The van der Waals surface area contributed by atoms with Crippen LogP contribution in [0.2, 0.25) is 0 Å². The van der Waals surface area contributed by atoms with Crippen molar-refractivity contribution >= 4 is 15.9 Å². The molecule has 1 aromatic rings. The molecule has 20 heavy (non-hydrogen) atoms. The average Bonchev–Trinajstić information content (AvgIpc) is 2.47. The molecule has 3 unspecified atom stereocenters. The van der Waals surface area contributed by atoms with Gasteiger partial charge in [-0.15, -0.1) is 0 Å². The lowest BCUT2D eigenvalue weighted by Crippen LogP contribution is -2.28. The van der Waals surface area contributed by atoms with Crippen LogP contribution >= 0.6 is 15.9 Å². The lowest BCUT2D eigenvalue weighted by Gasteiger charge is -2.26. The first-order valence-corrected chi connectivity index (χ1v) is 8.25. The normalized spacial score (nSPS) is 22.4. The maximum Gasteiger partial charge on any atom is 0.0621 e. The van der Waals surface area contributed by atoms with Crippen LogP contribution in [-0.4, -0.2) is 30.5 Å². The largest absolute Gasteiger partial charge is 0.392 e. The summed E-state index contributed by atoms with van der Waals surface area (Å²) >= 11 is 3.47. The fraction of sp³-hybridized carbons (Fsp3) is 0.625. The monoisotopic (exact) mass is 341 g/mol. The number of nitrogens with two attached hydrogens (primary N) is 1. The van der Waals surface area contributed by atoms with Gasteiger partial charge in [0.25, 0.3) is 0 Å². The van der Waals surface area contributed by atoms with Crippen LogP contribution in [-0.2, 0) is 4.74 Å². The van der Waals surface area contributed by atoms with Crippen molar-refractivity contribution in [2.75, 3.05) is 13.2 Å². The smallest absolute Gasteiger partial charge is 0.0621 e. The zero-order valence-electron chi connectivity index (χ0n) is 11.8. The molecule has 1 saturated heterocycles. The van der Waals surface area contributed by atoms with Crippen molar-refractivity contribution in [1.29, 1.82) is 0 Å². The summed E-state index contributed by atoms with van der Waals surface area (Å²) in [5.41, 5.74) is 6.95. The summed E-state index contributed by atoms with van der Waals surface area (Å²) in [5.74, 6) is -0.00362. The minimum atomic E-state index is -0.403. The van der Waals surface area contributed by atoms with E-state index in [1.807, 2.05) is 24.3 Å². The standard InChI is InChI=1S/C16H24BrNO2/c17-13-5-3-4-12(10-13)15(11-18)16(19)8-7-14-6-1-2-9-20-14/h3-5,10,14-16,19H,1-2,6-9,11,18H2. The summed E-state index contributed by atoms with van der Waals surface area (Å²) in [6.07, 6.45) is 5.12. The van der Waals surface area contributed by atoms with Crippen molar-refractivity contribution < 1.29 is 9.84 Å². The molecule has 0 saturated carbocycles. The second-order valence-corrected chi connectivity index (χ2v) is 6.45. The molecule has 0 radical (unpaired) electrons. The molecule has 0 spiro atoms. The van der Waals surface area contributed by atoms with Gasteiger partial charge >= 0.3 is 0 Å². The quantitative estimate of drug-likeness (QED) is 0.835. The average molecular weight is 342 g/mol. The topological polar surface area (TPSA) is 55.5 Å². The Morgan fingerprint density at radius 2 is 2.25 bits per heavy atom. The third-order valence-corrected chi connectivity index (χ3v) is 4.55. The summed E-state index contributed by atoms with van der Waals surface area (Å²) in [7, 11) is 0. The first-order chi connectivity index (χ1) is 9.70. The van der Waals surface area contributed by atoms with E-state index in [1.165, 1.54) is 12.8 Å². The Morgan fingerprint density at radius 1 is 1.40 bits per heavy atom. The van der Waals surface area contributed by atoms with Gasteiger partial charge in [0, 0.05) is 23.5 Å². The Morgan fingerprint density at radius 3 is 2.90 bits per heavy atom. The molecule has 1 aliphatic rings. The van der Waals surface area contributed by atoms with E-state index < -0.39 is 6.10 Å². The van der Waals surface area contributed by atoms with Crippen molar-refractivity contribution in [2.24, 2.45) is 5.73 Å². The van der Waals surface area contributed by atoms with Crippen LogP contribution in [0.5, 0.6) is 0 Å². The van der Waals surface area contributed by atoms with Gasteiger partial charge in [-0.1, -0.05) is 28.1 Å². The van der Waals surface area contributed by atoms with Crippen molar-refractivity contribution in [3.05, 3.63) is 34.3 Å². The van der Waals surface area contributed by atoms with Gasteiger partial charge in [0.2, 0.25) is 0 Å². The van der Waals surface area contributed by atoms with Crippen LogP contribution in [0.1, 0.15) is 43.6 Å². The first kappa shape index (κ1) is 16.0. The highest BCUT2D eigenvalue weighted by Crippen LogP contribution is 2.26. The molecule has 1 aliphatic heterocycles. The van der Waals surface area contributed by atoms with E-state index in [0.29, 0.717) is 12.6 Å². The molecule has 1 fully saturated rings. The van der Waals surface area contributed by atoms with Gasteiger partial charge in [-0.25, -0.2) is 0 Å². The number of halogens is 1. The Hall–Kier alpha value is -0.420. The predicted molar refractivity (Wildman–Crippen MR) is 84.8 cm³/mol. The molecule has 0 bridgehead atoms. The summed E-state index contributed by atoms with van der Waals surface area (Å²) in [4.78, 5) is 0. The number of hydrogen-bond acceptors (Lipinski definition) is 3. The van der Waals surface area contributed by atoms with Crippen LogP contribution in [0.3, 0.4) is 0 Å². The Balaban J connectivity index is 1.89. The molecule has 0 amide bonds. The molecular formula is C16H24BrNO2. The van der Waals surface area contributed by atoms with Gasteiger partial charge in [0.1, 0.15) is 0 Å². The molecule has 3 nitrogen and oxygen atoms in total. The summed E-state index contributed by atoms with van der Waals surface area (Å²) in [5, 5.41) is 10.4. The van der Waals surface area contributed by atoms with E-state index in [-0.39, 0.29) is 5.92 Å². The number of hydrogen-bond donors (Lipinski definition) is 2. The van der Waals surface area contributed by atoms with Gasteiger partial charge in [-0.2, -0.15) is 0 Å². The maximum absolute atomic E-state index is 10.4. The van der Waals surface area contributed by atoms with E-state index in [4.69, 9.17) is 10.5 Å². The van der Waals surface area contributed by atoms with Crippen LogP contribution < -0.4 is 5.73 Å². The molecule has 0 aromatic heterocycles. The summed E-state index contributed by atoms with van der Waals surface area (Å²) in [6.45, 7) is 1.33. The van der Waals surface area contributed by atoms with Gasteiger partial charge in [-0.3, -0.25) is 0 Å². The second-order valence-electron chi connectivity index (χ2n) is 5.53. The summed E-state index contributed by atoms with van der Waals surface area (Å²) in [6, 6.07) is 8.04. The Labute approximate surface area is 129 Å². The number of ether oxygens (including phenoxy) is 1. The van der Waals surface area contributed by atoms with Gasteiger partial charge in [0.05, 0.1) is 12.2 Å². The fourth-order valence-electron chi connectivity index (χ4n) is 2.85. The van der Waals surface area contributed by atoms with Gasteiger partial charge in [-0.05, 0) is 49.8 Å². The molecule has 2 rings (SSSR count). The summed E-state index contributed by atoms with van der Waals surface area (Å²) < 4.78 is 6.74. The minimum Gasteiger partial charge on any atom is -0.392 e. The van der Waals surface area contributed by atoms with Crippen molar-refractivity contribution in [3.8, 4) is 0 Å². The third kappa shape index (κ3) is 4.55. The zero-order valence-corrected chi connectivity index (χ0v) is 13.4. The molecule has 1 heterocycles.